The topological polar surface area (TPSA) is 95.5 Å². The number of hydrogen-bond donors (Lipinski definition) is 3. The first-order valence-electron chi connectivity index (χ1n) is 5.79. The van der Waals surface area contributed by atoms with E-state index in [2.05, 4.69) is 33.2 Å². The van der Waals surface area contributed by atoms with Crippen LogP contribution in [0.25, 0.3) is 0 Å². The molecule has 0 aliphatic rings. The highest BCUT2D eigenvalue weighted by Gasteiger charge is 2.19. The smallest absolute Gasteiger partial charge is 0.322 e. The van der Waals surface area contributed by atoms with E-state index >= 15 is 0 Å². The highest BCUT2D eigenvalue weighted by atomic mass is 127. The molecule has 0 radical (unpaired) electrons. The number of hydrogen-bond acceptors (Lipinski definition) is 3. The molecule has 2 atom stereocenters. The minimum atomic E-state index is -1.11. The van der Waals surface area contributed by atoms with E-state index in [9.17, 15) is 14.4 Å². The van der Waals surface area contributed by atoms with Crippen molar-refractivity contribution in [2.24, 2.45) is 0 Å². The van der Waals surface area contributed by atoms with Gasteiger partial charge >= 0.3 is 5.97 Å². The van der Waals surface area contributed by atoms with Gasteiger partial charge in [-0.05, 0) is 12.8 Å². The molecule has 0 saturated heterocycles. The summed E-state index contributed by atoms with van der Waals surface area (Å²) < 4.78 is 0.397. The van der Waals surface area contributed by atoms with Gasteiger partial charge in [0.25, 0.3) is 0 Å². The van der Waals surface area contributed by atoms with Crippen molar-refractivity contribution < 1.29 is 19.5 Å². The van der Waals surface area contributed by atoms with Crippen molar-refractivity contribution in [3.63, 3.8) is 0 Å². The normalized spacial score (nSPS) is 13.5. The molecule has 3 N–H and O–H groups in total. The molecule has 0 fully saturated rings. The SMILES string of the molecule is CCC(NC(=O)CCC(C)I)C(=O)NCC(=O)O. The molecule has 104 valence electrons. The van der Waals surface area contributed by atoms with E-state index in [1.54, 1.807) is 6.92 Å². The Morgan fingerprint density at radius 3 is 2.39 bits per heavy atom. The van der Waals surface area contributed by atoms with Crippen molar-refractivity contribution in [3.8, 4) is 0 Å². The quantitative estimate of drug-likeness (QED) is 0.433. The Balaban J connectivity index is 4.12. The lowest BCUT2D eigenvalue weighted by Crippen LogP contribution is -2.47. The summed E-state index contributed by atoms with van der Waals surface area (Å²) in [5.74, 6) is -1.75. The second-order valence-corrected chi connectivity index (χ2v) is 6.09. The zero-order valence-corrected chi connectivity index (χ0v) is 12.7. The van der Waals surface area contributed by atoms with Gasteiger partial charge in [0.1, 0.15) is 12.6 Å². The van der Waals surface area contributed by atoms with Gasteiger partial charge in [-0.1, -0.05) is 36.4 Å². The van der Waals surface area contributed by atoms with Gasteiger partial charge in [-0.15, -0.1) is 0 Å². The van der Waals surface area contributed by atoms with Crippen LogP contribution in [0.15, 0.2) is 0 Å². The molecule has 0 aliphatic heterocycles. The lowest BCUT2D eigenvalue weighted by atomic mass is 10.2. The predicted molar refractivity (Wildman–Crippen MR) is 75.6 cm³/mol. The fourth-order valence-corrected chi connectivity index (χ4v) is 1.55. The average Bonchev–Trinajstić information content (AvgIpc) is 2.30. The number of carbonyl (C=O) groups excluding carboxylic acids is 2. The van der Waals surface area contributed by atoms with Crippen LogP contribution in [-0.4, -0.2) is 39.4 Å². The van der Waals surface area contributed by atoms with Gasteiger partial charge in [0.2, 0.25) is 11.8 Å². The zero-order valence-electron chi connectivity index (χ0n) is 10.5. The van der Waals surface area contributed by atoms with Crippen LogP contribution >= 0.6 is 22.6 Å². The average molecular weight is 370 g/mol. The van der Waals surface area contributed by atoms with Gasteiger partial charge in [0.05, 0.1) is 0 Å². The molecule has 0 bridgehead atoms. The summed E-state index contributed by atoms with van der Waals surface area (Å²) in [5.41, 5.74) is 0. The fraction of sp³-hybridized carbons (Fsp3) is 0.727. The maximum atomic E-state index is 11.6. The van der Waals surface area contributed by atoms with Crippen LogP contribution in [-0.2, 0) is 14.4 Å². The summed E-state index contributed by atoms with van der Waals surface area (Å²) >= 11 is 2.23. The number of carboxylic acids is 1. The number of amides is 2. The number of halogens is 1. The van der Waals surface area contributed by atoms with E-state index in [4.69, 9.17) is 5.11 Å². The Morgan fingerprint density at radius 1 is 1.33 bits per heavy atom. The van der Waals surface area contributed by atoms with Crippen molar-refractivity contribution in [1.82, 2.24) is 10.6 Å². The summed E-state index contributed by atoms with van der Waals surface area (Å²) in [6.45, 7) is 3.33. The van der Waals surface area contributed by atoms with E-state index in [1.165, 1.54) is 0 Å². The number of carboxylic acid groups (broad SMARTS) is 1. The van der Waals surface area contributed by atoms with Gasteiger partial charge in [-0.25, -0.2) is 0 Å². The molecule has 7 heteroatoms. The maximum absolute atomic E-state index is 11.6. The first kappa shape index (κ1) is 17.1. The standard InChI is InChI=1S/C11H19IN2O4/c1-3-8(11(18)13-6-10(16)17)14-9(15)5-4-7(2)12/h7-8H,3-6H2,1-2H3,(H,13,18)(H,14,15)(H,16,17). The summed E-state index contributed by atoms with van der Waals surface area (Å²) in [5, 5.41) is 13.3. The monoisotopic (exact) mass is 370 g/mol. The third-order valence-electron chi connectivity index (χ3n) is 2.24. The van der Waals surface area contributed by atoms with Crippen molar-refractivity contribution >= 4 is 40.4 Å². The van der Waals surface area contributed by atoms with Crippen LogP contribution in [0.5, 0.6) is 0 Å². The minimum absolute atomic E-state index is 0.184. The highest BCUT2D eigenvalue weighted by molar-refractivity contribution is 14.1. The number of alkyl halides is 1. The van der Waals surface area contributed by atoms with Crippen molar-refractivity contribution in [3.05, 3.63) is 0 Å². The summed E-state index contributed by atoms with van der Waals surface area (Å²) in [6, 6.07) is -0.665. The Labute approximate surface area is 120 Å². The molecule has 2 amide bonds. The molecule has 0 saturated carbocycles. The summed E-state index contributed by atoms with van der Waals surface area (Å²) in [7, 11) is 0. The number of aliphatic carboxylic acids is 1. The second kappa shape index (κ2) is 9.12. The summed E-state index contributed by atoms with van der Waals surface area (Å²) in [6.07, 6.45) is 1.55. The third kappa shape index (κ3) is 8.26. The molecular weight excluding hydrogens is 351 g/mol. The number of carbonyl (C=O) groups is 3. The van der Waals surface area contributed by atoms with Crippen LogP contribution < -0.4 is 10.6 Å². The summed E-state index contributed by atoms with van der Waals surface area (Å²) in [4.78, 5) is 33.4. The molecule has 0 heterocycles. The molecule has 0 spiro atoms. The second-order valence-electron chi connectivity index (χ2n) is 3.96. The largest absolute Gasteiger partial charge is 0.480 e. The molecular formula is C11H19IN2O4. The van der Waals surface area contributed by atoms with Crippen molar-refractivity contribution in [2.75, 3.05) is 6.54 Å². The lowest BCUT2D eigenvalue weighted by Gasteiger charge is -2.16. The van der Waals surface area contributed by atoms with Crippen molar-refractivity contribution in [2.45, 2.75) is 43.1 Å². The highest BCUT2D eigenvalue weighted by Crippen LogP contribution is 2.07. The Bertz CT molecular complexity index is 307. The molecule has 0 aromatic carbocycles. The first-order valence-corrected chi connectivity index (χ1v) is 7.04. The van der Waals surface area contributed by atoms with Gasteiger partial charge in [0.15, 0.2) is 0 Å². The van der Waals surface area contributed by atoms with E-state index in [-0.39, 0.29) is 5.91 Å². The molecule has 18 heavy (non-hydrogen) atoms. The van der Waals surface area contributed by atoms with Crippen molar-refractivity contribution in [1.29, 1.82) is 0 Å². The molecule has 0 aliphatic carbocycles. The van der Waals surface area contributed by atoms with Crippen LogP contribution in [0.4, 0.5) is 0 Å². The van der Waals surface area contributed by atoms with E-state index in [0.717, 1.165) is 6.42 Å². The van der Waals surface area contributed by atoms with E-state index < -0.39 is 24.5 Å². The molecule has 6 nitrogen and oxygen atoms in total. The van der Waals surface area contributed by atoms with E-state index in [0.29, 0.717) is 16.8 Å². The number of rotatable bonds is 8. The van der Waals surface area contributed by atoms with Crippen LogP contribution in [0.3, 0.4) is 0 Å². The molecule has 0 aromatic heterocycles. The molecule has 0 aromatic rings. The zero-order chi connectivity index (χ0) is 14.1. The van der Waals surface area contributed by atoms with Gasteiger partial charge in [-0.3, -0.25) is 14.4 Å². The third-order valence-corrected chi connectivity index (χ3v) is 2.87. The maximum Gasteiger partial charge on any atom is 0.322 e. The Hall–Kier alpha value is -0.860. The molecule has 0 rings (SSSR count). The molecule has 2 unspecified atom stereocenters. The number of nitrogens with one attached hydrogen (secondary N) is 2. The van der Waals surface area contributed by atoms with Gasteiger partial charge in [0, 0.05) is 10.3 Å². The Morgan fingerprint density at radius 2 is 1.94 bits per heavy atom. The minimum Gasteiger partial charge on any atom is -0.480 e. The van der Waals surface area contributed by atoms with Crippen LogP contribution in [0.2, 0.25) is 0 Å². The van der Waals surface area contributed by atoms with Crippen LogP contribution in [0, 0.1) is 0 Å². The fourth-order valence-electron chi connectivity index (χ4n) is 1.24. The predicted octanol–water partition coefficient (Wildman–Crippen LogP) is 0.686. The van der Waals surface area contributed by atoms with Gasteiger partial charge < -0.3 is 15.7 Å². The lowest BCUT2D eigenvalue weighted by molar-refractivity contribution is -0.138. The van der Waals surface area contributed by atoms with Crippen LogP contribution in [0.1, 0.15) is 33.1 Å². The Kier molecular flexibility index (Phi) is 8.69. The first-order chi connectivity index (χ1) is 8.36. The van der Waals surface area contributed by atoms with E-state index in [1.807, 2.05) is 6.92 Å². The van der Waals surface area contributed by atoms with Gasteiger partial charge in [-0.2, -0.15) is 0 Å².